The second-order valence-electron chi connectivity index (χ2n) is 4.85. The highest BCUT2D eigenvalue weighted by Crippen LogP contribution is 2.29. The molecule has 0 saturated heterocycles. The molecule has 1 saturated carbocycles. The molecule has 4 heteroatoms. The van der Waals surface area contributed by atoms with Gasteiger partial charge in [-0.3, -0.25) is 0 Å². The van der Waals surface area contributed by atoms with Gasteiger partial charge in [-0.1, -0.05) is 19.9 Å². The van der Waals surface area contributed by atoms with Crippen molar-refractivity contribution in [2.24, 2.45) is 0 Å². The van der Waals surface area contributed by atoms with E-state index in [2.05, 4.69) is 19.2 Å². The van der Waals surface area contributed by atoms with Crippen molar-refractivity contribution in [3.63, 3.8) is 0 Å². The molecule has 1 fully saturated rings. The van der Waals surface area contributed by atoms with Crippen LogP contribution in [0.15, 0.2) is 24.3 Å². The van der Waals surface area contributed by atoms with E-state index in [4.69, 9.17) is 9.47 Å². The number of nitrogens with one attached hydrogen (secondary N) is 1. The first kappa shape index (κ1) is 14.3. The van der Waals surface area contributed by atoms with Crippen molar-refractivity contribution in [1.82, 2.24) is 5.32 Å². The second kappa shape index (κ2) is 6.87. The topological polar surface area (TPSA) is 30.5 Å². The standard InChI is InChI=1S/C15H22FNO2/c1-3-8-18-15-13(17-4-2)10-14(15)19-12-7-5-6-11(16)9-12/h5-7,9,13-15,17H,3-4,8,10H2,1-2H3. The molecule has 0 spiro atoms. The van der Waals surface area contributed by atoms with Crippen molar-refractivity contribution in [1.29, 1.82) is 0 Å². The SMILES string of the molecule is CCCOC1C(NCC)CC1Oc1cccc(F)c1. The van der Waals surface area contributed by atoms with E-state index in [0.717, 1.165) is 26.0 Å². The lowest BCUT2D eigenvalue weighted by atomic mass is 9.85. The monoisotopic (exact) mass is 267 g/mol. The van der Waals surface area contributed by atoms with Crippen LogP contribution in [0.2, 0.25) is 0 Å². The predicted octanol–water partition coefficient (Wildman–Crippen LogP) is 2.75. The third-order valence-corrected chi connectivity index (χ3v) is 3.31. The third-order valence-electron chi connectivity index (χ3n) is 3.31. The maximum Gasteiger partial charge on any atom is 0.128 e. The first-order valence-corrected chi connectivity index (χ1v) is 7.01. The van der Waals surface area contributed by atoms with Crippen molar-refractivity contribution >= 4 is 0 Å². The van der Waals surface area contributed by atoms with Gasteiger partial charge in [0.1, 0.15) is 23.8 Å². The van der Waals surface area contributed by atoms with Crippen LogP contribution in [0.25, 0.3) is 0 Å². The van der Waals surface area contributed by atoms with E-state index in [-0.39, 0.29) is 18.0 Å². The number of hydrogen-bond donors (Lipinski definition) is 1. The Morgan fingerprint density at radius 1 is 1.37 bits per heavy atom. The molecule has 2 rings (SSSR count). The van der Waals surface area contributed by atoms with Crippen LogP contribution >= 0.6 is 0 Å². The Morgan fingerprint density at radius 3 is 2.89 bits per heavy atom. The molecule has 1 aromatic rings. The molecule has 106 valence electrons. The van der Waals surface area contributed by atoms with E-state index >= 15 is 0 Å². The van der Waals surface area contributed by atoms with Gasteiger partial charge in [0.2, 0.25) is 0 Å². The minimum atomic E-state index is -0.272. The number of hydrogen-bond acceptors (Lipinski definition) is 3. The van der Waals surface area contributed by atoms with Crippen molar-refractivity contribution in [2.45, 2.75) is 44.9 Å². The molecular formula is C15H22FNO2. The van der Waals surface area contributed by atoms with E-state index < -0.39 is 0 Å². The molecule has 3 nitrogen and oxygen atoms in total. The van der Waals surface area contributed by atoms with Crippen molar-refractivity contribution < 1.29 is 13.9 Å². The van der Waals surface area contributed by atoms with Gasteiger partial charge in [-0.15, -0.1) is 0 Å². The summed E-state index contributed by atoms with van der Waals surface area (Å²) in [6.45, 7) is 5.82. The molecule has 0 aliphatic heterocycles. The normalized spacial score (nSPS) is 25.9. The zero-order chi connectivity index (χ0) is 13.7. The lowest BCUT2D eigenvalue weighted by molar-refractivity contribution is -0.107. The molecule has 0 bridgehead atoms. The Morgan fingerprint density at radius 2 is 2.21 bits per heavy atom. The van der Waals surface area contributed by atoms with Gasteiger partial charge in [0.25, 0.3) is 0 Å². The summed E-state index contributed by atoms with van der Waals surface area (Å²) in [5.41, 5.74) is 0. The number of rotatable bonds is 7. The first-order chi connectivity index (χ1) is 9.24. The Kier molecular flexibility index (Phi) is 5.16. The Labute approximate surface area is 114 Å². The first-order valence-electron chi connectivity index (χ1n) is 7.01. The summed E-state index contributed by atoms with van der Waals surface area (Å²) in [6, 6.07) is 6.61. The van der Waals surface area contributed by atoms with E-state index in [9.17, 15) is 4.39 Å². The van der Waals surface area contributed by atoms with Crippen molar-refractivity contribution in [2.75, 3.05) is 13.2 Å². The molecule has 1 aliphatic carbocycles. The van der Waals surface area contributed by atoms with Gasteiger partial charge < -0.3 is 14.8 Å². The summed E-state index contributed by atoms with van der Waals surface area (Å²) in [7, 11) is 0. The highest BCUT2D eigenvalue weighted by atomic mass is 19.1. The molecule has 1 aliphatic rings. The molecule has 0 heterocycles. The van der Waals surface area contributed by atoms with Crippen LogP contribution in [0.1, 0.15) is 26.7 Å². The Hall–Kier alpha value is -1.13. The lowest BCUT2D eigenvalue weighted by Gasteiger charge is -2.44. The molecule has 1 N–H and O–H groups in total. The molecule has 1 aromatic carbocycles. The Balaban J connectivity index is 1.92. The summed E-state index contributed by atoms with van der Waals surface area (Å²) in [4.78, 5) is 0. The molecule has 0 amide bonds. The van der Waals surface area contributed by atoms with Crippen LogP contribution in [-0.2, 0) is 4.74 Å². The fourth-order valence-corrected chi connectivity index (χ4v) is 2.35. The third kappa shape index (κ3) is 3.67. The highest BCUT2D eigenvalue weighted by molar-refractivity contribution is 5.23. The van der Waals surface area contributed by atoms with E-state index in [0.29, 0.717) is 11.8 Å². The lowest BCUT2D eigenvalue weighted by Crippen LogP contribution is -2.61. The van der Waals surface area contributed by atoms with Gasteiger partial charge in [0.05, 0.1) is 0 Å². The molecule has 3 unspecified atom stereocenters. The molecule has 0 radical (unpaired) electrons. The van der Waals surface area contributed by atoms with Crippen LogP contribution in [-0.4, -0.2) is 31.4 Å². The average Bonchev–Trinajstić information content (AvgIpc) is 2.38. The number of halogens is 1. The second-order valence-corrected chi connectivity index (χ2v) is 4.85. The quantitative estimate of drug-likeness (QED) is 0.824. The van der Waals surface area contributed by atoms with Gasteiger partial charge in [-0.2, -0.15) is 0 Å². The van der Waals surface area contributed by atoms with Crippen molar-refractivity contribution in [3.8, 4) is 5.75 Å². The van der Waals surface area contributed by atoms with Crippen molar-refractivity contribution in [3.05, 3.63) is 30.1 Å². The maximum atomic E-state index is 13.1. The zero-order valence-corrected chi connectivity index (χ0v) is 11.6. The molecule has 3 atom stereocenters. The number of ether oxygens (including phenoxy) is 2. The maximum absolute atomic E-state index is 13.1. The number of benzene rings is 1. The van der Waals surface area contributed by atoms with Crippen LogP contribution in [0, 0.1) is 5.82 Å². The van der Waals surface area contributed by atoms with Crippen LogP contribution < -0.4 is 10.1 Å². The summed E-state index contributed by atoms with van der Waals surface area (Å²) in [5.74, 6) is 0.302. The largest absolute Gasteiger partial charge is 0.487 e. The van der Waals surface area contributed by atoms with Crippen LogP contribution in [0.5, 0.6) is 5.75 Å². The average molecular weight is 267 g/mol. The van der Waals surface area contributed by atoms with E-state index in [1.165, 1.54) is 12.1 Å². The fraction of sp³-hybridized carbons (Fsp3) is 0.600. The van der Waals surface area contributed by atoms with Gasteiger partial charge in [0, 0.05) is 25.1 Å². The van der Waals surface area contributed by atoms with Gasteiger partial charge in [0.15, 0.2) is 0 Å². The minimum absolute atomic E-state index is 0.0115. The fourth-order valence-electron chi connectivity index (χ4n) is 2.35. The van der Waals surface area contributed by atoms with E-state index in [1.807, 2.05) is 0 Å². The van der Waals surface area contributed by atoms with Gasteiger partial charge in [-0.25, -0.2) is 4.39 Å². The van der Waals surface area contributed by atoms with Crippen LogP contribution in [0.4, 0.5) is 4.39 Å². The zero-order valence-electron chi connectivity index (χ0n) is 11.6. The minimum Gasteiger partial charge on any atom is -0.487 e. The van der Waals surface area contributed by atoms with Gasteiger partial charge >= 0.3 is 0 Å². The van der Waals surface area contributed by atoms with Gasteiger partial charge in [-0.05, 0) is 25.1 Å². The highest BCUT2D eigenvalue weighted by Gasteiger charge is 2.43. The molecule has 0 aromatic heterocycles. The smallest absolute Gasteiger partial charge is 0.128 e. The summed E-state index contributed by atoms with van der Waals surface area (Å²) in [6.07, 6.45) is 1.96. The summed E-state index contributed by atoms with van der Waals surface area (Å²) in [5, 5.41) is 3.39. The summed E-state index contributed by atoms with van der Waals surface area (Å²) < 4.78 is 24.8. The molecule has 19 heavy (non-hydrogen) atoms. The van der Waals surface area contributed by atoms with Crippen LogP contribution in [0.3, 0.4) is 0 Å². The Bertz CT molecular complexity index is 399. The molecular weight excluding hydrogens is 245 g/mol. The summed E-state index contributed by atoms with van der Waals surface area (Å²) >= 11 is 0. The number of likely N-dealkylation sites (N-methyl/N-ethyl adjacent to an activating group) is 1. The predicted molar refractivity (Wildman–Crippen MR) is 72.9 cm³/mol. The van der Waals surface area contributed by atoms with E-state index in [1.54, 1.807) is 12.1 Å².